The number of amides is 1. The zero-order chi connectivity index (χ0) is 14.4. The van der Waals surface area contributed by atoms with Crippen LogP contribution in [0.1, 0.15) is 5.56 Å². The van der Waals surface area contributed by atoms with Crippen LogP contribution in [0.4, 0.5) is 14.5 Å². The minimum atomic E-state index is -0.986. The molecule has 2 N–H and O–H groups in total. The van der Waals surface area contributed by atoms with E-state index in [2.05, 4.69) is 10.6 Å². The van der Waals surface area contributed by atoms with Crippen molar-refractivity contribution in [2.75, 3.05) is 11.9 Å². The summed E-state index contributed by atoms with van der Waals surface area (Å²) in [6, 6.07) is 12.9. The Hall–Kier alpha value is -2.27. The van der Waals surface area contributed by atoms with Crippen LogP contribution in [0.25, 0.3) is 0 Å². The van der Waals surface area contributed by atoms with Crippen molar-refractivity contribution in [2.24, 2.45) is 0 Å². The van der Waals surface area contributed by atoms with Gasteiger partial charge in [-0.1, -0.05) is 30.3 Å². The molecule has 20 heavy (non-hydrogen) atoms. The van der Waals surface area contributed by atoms with Crippen LogP contribution in [-0.4, -0.2) is 12.5 Å². The Morgan fingerprint density at radius 3 is 2.45 bits per heavy atom. The molecular formula is C15H14F2N2O. The van der Waals surface area contributed by atoms with Crippen LogP contribution in [-0.2, 0) is 11.3 Å². The monoisotopic (exact) mass is 276 g/mol. The molecule has 0 heterocycles. The molecule has 0 spiro atoms. The molecule has 0 aliphatic rings. The fourth-order valence-corrected chi connectivity index (χ4v) is 1.70. The second-order valence-electron chi connectivity index (χ2n) is 4.27. The third-order valence-electron chi connectivity index (χ3n) is 2.66. The minimum absolute atomic E-state index is 0.0912. The van der Waals surface area contributed by atoms with Crippen molar-refractivity contribution in [3.05, 3.63) is 65.7 Å². The molecule has 0 aliphatic carbocycles. The summed E-state index contributed by atoms with van der Waals surface area (Å²) >= 11 is 0. The van der Waals surface area contributed by atoms with E-state index in [4.69, 9.17) is 0 Å². The summed E-state index contributed by atoms with van der Waals surface area (Å²) in [5, 5.41) is 5.46. The summed E-state index contributed by atoms with van der Waals surface area (Å²) in [4.78, 5) is 11.6. The maximum absolute atomic E-state index is 13.0. The van der Waals surface area contributed by atoms with Gasteiger partial charge in [-0.25, -0.2) is 8.78 Å². The average Bonchev–Trinajstić information content (AvgIpc) is 2.44. The van der Waals surface area contributed by atoms with E-state index in [9.17, 15) is 13.6 Å². The van der Waals surface area contributed by atoms with Gasteiger partial charge < -0.3 is 10.6 Å². The van der Waals surface area contributed by atoms with E-state index in [1.165, 1.54) is 6.07 Å². The Balaban J connectivity index is 1.79. The highest BCUT2D eigenvalue weighted by molar-refractivity contribution is 5.92. The molecule has 0 atom stereocenters. The van der Waals surface area contributed by atoms with Crippen molar-refractivity contribution in [2.45, 2.75) is 6.54 Å². The Morgan fingerprint density at radius 2 is 1.75 bits per heavy atom. The number of hydrogen-bond donors (Lipinski definition) is 2. The summed E-state index contributed by atoms with van der Waals surface area (Å²) < 4.78 is 25.7. The van der Waals surface area contributed by atoms with Gasteiger partial charge in [-0.05, 0) is 17.7 Å². The van der Waals surface area contributed by atoms with E-state index in [0.29, 0.717) is 6.54 Å². The van der Waals surface area contributed by atoms with Gasteiger partial charge in [-0.2, -0.15) is 0 Å². The molecule has 0 aliphatic heterocycles. The number of hydrogen-bond acceptors (Lipinski definition) is 2. The highest BCUT2D eigenvalue weighted by Gasteiger charge is 2.05. The lowest BCUT2D eigenvalue weighted by atomic mass is 10.2. The van der Waals surface area contributed by atoms with Gasteiger partial charge in [0.05, 0.1) is 6.54 Å². The average molecular weight is 276 g/mol. The number of carbonyl (C=O) groups is 1. The van der Waals surface area contributed by atoms with E-state index < -0.39 is 11.6 Å². The molecule has 0 fully saturated rings. The van der Waals surface area contributed by atoms with Crippen molar-refractivity contribution in [1.82, 2.24) is 5.32 Å². The molecule has 2 rings (SSSR count). The number of carbonyl (C=O) groups excluding carboxylic acids is 1. The standard InChI is InChI=1S/C15H14F2N2O/c16-13-7-6-12(8-14(13)17)19-15(20)10-18-9-11-4-2-1-3-5-11/h1-8,18H,9-10H2,(H,19,20). The first kappa shape index (κ1) is 14.1. The third kappa shape index (κ3) is 4.13. The van der Waals surface area contributed by atoms with Crippen LogP contribution in [0, 0.1) is 11.6 Å². The lowest BCUT2D eigenvalue weighted by molar-refractivity contribution is -0.115. The first-order valence-electron chi connectivity index (χ1n) is 6.15. The lowest BCUT2D eigenvalue weighted by Crippen LogP contribution is -2.27. The fourth-order valence-electron chi connectivity index (χ4n) is 1.70. The normalized spacial score (nSPS) is 10.3. The van der Waals surface area contributed by atoms with E-state index in [1.54, 1.807) is 0 Å². The Bertz CT molecular complexity index is 588. The van der Waals surface area contributed by atoms with Crippen LogP contribution in [0.3, 0.4) is 0 Å². The van der Waals surface area contributed by atoms with Crippen molar-refractivity contribution >= 4 is 11.6 Å². The summed E-state index contributed by atoms with van der Waals surface area (Å²) in [5.74, 6) is -2.24. The first-order valence-corrected chi connectivity index (χ1v) is 6.15. The largest absolute Gasteiger partial charge is 0.325 e. The number of rotatable bonds is 5. The van der Waals surface area contributed by atoms with Gasteiger partial charge in [0.2, 0.25) is 5.91 Å². The van der Waals surface area contributed by atoms with Crippen molar-refractivity contribution < 1.29 is 13.6 Å². The molecule has 2 aromatic rings. The zero-order valence-electron chi connectivity index (χ0n) is 10.7. The van der Waals surface area contributed by atoms with Crippen LogP contribution in [0.5, 0.6) is 0 Å². The van der Waals surface area contributed by atoms with Gasteiger partial charge in [0.1, 0.15) is 0 Å². The summed E-state index contributed by atoms with van der Waals surface area (Å²) in [5.41, 5.74) is 1.29. The van der Waals surface area contributed by atoms with E-state index >= 15 is 0 Å². The minimum Gasteiger partial charge on any atom is -0.325 e. The Labute approximate surface area is 115 Å². The highest BCUT2D eigenvalue weighted by Crippen LogP contribution is 2.12. The molecule has 0 saturated heterocycles. The van der Waals surface area contributed by atoms with Crippen molar-refractivity contribution in [1.29, 1.82) is 0 Å². The van der Waals surface area contributed by atoms with Crippen LogP contribution in [0.15, 0.2) is 48.5 Å². The fraction of sp³-hybridized carbons (Fsp3) is 0.133. The first-order chi connectivity index (χ1) is 9.65. The molecule has 2 aromatic carbocycles. The molecule has 0 bridgehead atoms. The van der Waals surface area contributed by atoms with Crippen LogP contribution >= 0.6 is 0 Å². The Kier molecular flexibility index (Phi) is 4.79. The SMILES string of the molecule is O=C(CNCc1ccccc1)Nc1ccc(F)c(F)c1. The smallest absolute Gasteiger partial charge is 0.238 e. The van der Waals surface area contributed by atoms with Crippen LogP contribution < -0.4 is 10.6 Å². The second kappa shape index (κ2) is 6.77. The summed E-state index contributed by atoms with van der Waals surface area (Å²) in [7, 11) is 0. The zero-order valence-corrected chi connectivity index (χ0v) is 10.7. The quantitative estimate of drug-likeness (QED) is 0.881. The summed E-state index contributed by atoms with van der Waals surface area (Å²) in [6.45, 7) is 0.653. The molecule has 0 radical (unpaired) electrons. The van der Waals surface area contributed by atoms with Gasteiger partial charge in [0.15, 0.2) is 11.6 Å². The third-order valence-corrected chi connectivity index (χ3v) is 2.66. The number of anilines is 1. The molecule has 104 valence electrons. The molecule has 0 aromatic heterocycles. The van der Waals surface area contributed by atoms with Gasteiger partial charge in [-0.3, -0.25) is 4.79 Å². The predicted molar refractivity (Wildman–Crippen MR) is 73.1 cm³/mol. The van der Waals surface area contributed by atoms with Gasteiger partial charge in [-0.15, -0.1) is 0 Å². The van der Waals surface area contributed by atoms with Crippen LogP contribution in [0.2, 0.25) is 0 Å². The number of halogens is 2. The van der Waals surface area contributed by atoms with E-state index in [-0.39, 0.29) is 18.1 Å². The summed E-state index contributed by atoms with van der Waals surface area (Å²) in [6.07, 6.45) is 0. The maximum atomic E-state index is 13.0. The van der Waals surface area contributed by atoms with E-state index in [0.717, 1.165) is 17.7 Å². The maximum Gasteiger partial charge on any atom is 0.238 e. The molecule has 5 heteroatoms. The lowest BCUT2D eigenvalue weighted by Gasteiger charge is -2.07. The molecule has 1 amide bonds. The van der Waals surface area contributed by atoms with E-state index in [1.807, 2.05) is 30.3 Å². The molecule has 3 nitrogen and oxygen atoms in total. The number of benzene rings is 2. The highest BCUT2D eigenvalue weighted by atomic mass is 19.2. The predicted octanol–water partition coefficient (Wildman–Crippen LogP) is 2.69. The second-order valence-corrected chi connectivity index (χ2v) is 4.27. The molecule has 0 unspecified atom stereocenters. The van der Waals surface area contributed by atoms with Crippen molar-refractivity contribution in [3.63, 3.8) is 0 Å². The topological polar surface area (TPSA) is 41.1 Å². The van der Waals surface area contributed by atoms with Gasteiger partial charge in [0, 0.05) is 18.3 Å². The van der Waals surface area contributed by atoms with Gasteiger partial charge in [0.25, 0.3) is 0 Å². The Morgan fingerprint density at radius 1 is 1.00 bits per heavy atom. The van der Waals surface area contributed by atoms with Crippen molar-refractivity contribution in [3.8, 4) is 0 Å². The molecule has 0 saturated carbocycles. The molecular weight excluding hydrogens is 262 g/mol. The number of nitrogens with one attached hydrogen (secondary N) is 2. The van der Waals surface area contributed by atoms with Gasteiger partial charge >= 0.3 is 0 Å².